The monoisotopic (exact) mass is 180 g/mol. The highest BCUT2D eigenvalue weighted by atomic mass is 16.5. The molecule has 2 aliphatic rings. The number of rotatable bonds is 1. The molecule has 0 radical (unpaired) electrons. The van der Waals surface area contributed by atoms with Crippen LogP contribution in [0.4, 0.5) is 0 Å². The van der Waals surface area contributed by atoms with E-state index in [0.717, 1.165) is 32.6 Å². The molecule has 3 heteroatoms. The van der Waals surface area contributed by atoms with E-state index in [1.54, 1.807) is 0 Å². The van der Waals surface area contributed by atoms with Gasteiger partial charge in [0.25, 0.3) is 0 Å². The number of hydrogen-bond acceptors (Lipinski definition) is 3. The minimum absolute atomic E-state index is 0.269. The summed E-state index contributed by atoms with van der Waals surface area (Å²) in [5.41, 5.74) is -0.269. The molecule has 0 aromatic carbocycles. The number of piperidine rings is 1. The van der Waals surface area contributed by atoms with Crippen LogP contribution in [-0.4, -0.2) is 25.3 Å². The van der Waals surface area contributed by atoms with Crippen molar-refractivity contribution in [2.24, 2.45) is 5.92 Å². The molecule has 72 valence electrons. The predicted molar refractivity (Wildman–Crippen MR) is 49.1 cm³/mol. The smallest absolute Gasteiger partial charge is 0.111 e. The second kappa shape index (κ2) is 3.65. The van der Waals surface area contributed by atoms with Crippen LogP contribution in [0.25, 0.3) is 0 Å². The van der Waals surface area contributed by atoms with Crippen LogP contribution in [0.5, 0.6) is 0 Å². The quantitative estimate of drug-likeness (QED) is 0.656. The van der Waals surface area contributed by atoms with Crippen LogP contribution in [0.3, 0.4) is 0 Å². The van der Waals surface area contributed by atoms with Gasteiger partial charge in [0.05, 0.1) is 12.7 Å². The Labute approximate surface area is 79.1 Å². The zero-order chi connectivity index (χ0) is 9.15. The molecule has 0 aromatic rings. The van der Waals surface area contributed by atoms with Gasteiger partial charge in [0.2, 0.25) is 0 Å². The largest absolute Gasteiger partial charge is 0.381 e. The molecule has 0 bridgehead atoms. The lowest BCUT2D eigenvalue weighted by Crippen LogP contribution is -2.53. The fourth-order valence-electron chi connectivity index (χ4n) is 2.39. The molecule has 0 aliphatic carbocycles. The Morgan fingerprint density at radius 1 is 1.46 bits per heavy atom. The van der Waals surface area contributed by atoms with Gasteiger partial charge in [-0.15, -0.1) is 0 Å². The van der Waals surface area contributed by atoms with Gasteiger partial charge in [-0.25, -0.2) is 0 Å². The topological polar surface area (TPSA) is 45.0 Å². The second-order valence-electron chi connectivity index (χ2n) is 4.03. The summed E-state index contributed by atoms with van der Waals surface area (Å²) >= 11 is 0. The molecular weight excluding hydrogens is 164 g/mol. The van der Waals surface area contributed by atoms with Crippen molar-refractivity contribution in [2.45, 2.75) is 31.2 Å². The minimum Gasteiger partial charge on any atom is -0.381 e. The molecule has 0 amide bonds. The maximum absolute atomic E-state index is 9.23. The first kappa shape index (κ1) is 8.98. The number of nitrogens with zero attached hydrogens (tertiary/aromatic N) is 1. The highest BCUT2D eigenvalue weighted by molar-refractivity contribution is 5.12. The van der Waals surface area contributed by atoms with Crippen molar-refractivity contribution < 1.29 is 4.74 Å². The van der Waals surface area contributed by atoms with Crippen LogP contribution >= 0.6 is 0 Å². The van der Waals surface area contributed by atoms with Crippen LogP contribution in [0.15, 0.2) is 0 Å². The molecule has 1 N–H and O–H groups in total. The van der Waals surface area contributed by atoms with Gasteiger partial charge in [-0.3, -0.25) is 5.32 Å². The van der Waals surface area contributed by atoms with Gasteiger partial charge in [0.15, 0.2) is 0 Å². The first-order chi connectivity index (χ1) is 6.37. The standard InChI is InChI=1S/C10H16N2O/c11-8-10(4-1-2-5-12-10)9-3-6-13-7-9/h9,12H,1-7H2. The Hall–Kier alpha value is -0.590. The summed E-state index contributed by atoms with van der Waals surface area (Å²) in [5.74, 6) is 0.415. The van der Waals surface area contributed by atoms with Gasteiger partial charge in [0, 0.05) is 12.5 Å². The maximum Gasteiger partial charge on any atom is 0.111 e. The second-order valence-corrected chi connectivity index (χ2v) is 4.03. The van der Waals surface area contributed by atoms with Crippen LogP contribution in [0, 0.1) is 17.2 Å². The van der Waals surface area contributed by atoms with E-state index < -0.39 is 0 Å². The average molecular weight is 180 g/mol. The Kier molecular flexibility index (Phi) is 2.52. The third kappa shape index (κ3) is 1.56. The highest BCUT2D eigenvalue weighted by Crippen LogP contribution is 2.32. The summed E-state index contributed by atoms with van der Waals surface area (Å²) in [6.45, 7) is 2.58. The molecule has 13 heavy (non-hydrogen) atoms. The molecule has 2 rings (SSSR count). The first-order valence-corrected chi connectivity index (χ1v) is 5.11. The fraction of sp³-hybridized carbons (Fsp3) is 0.900. The normalized spacial score (nSPS) is 40.1. The van der Waals surface area contributed by atoms with E-state index in [9.17, 15) is 5.26 Å². The van der Waals surface area contributed by atoms with Crippen molar-refractivity contribution in [2.75, 3.05) is 19.8 Å². The van der Waals surface area contributed by atoms with Crippen LogP contribution in [0.1, 0.15) is 25.7 Å². The average Bonchev–Trinajstić information content (AvgIpc) is 2.72. The number of nitriles is 1. The van der Waals surface area contributed by atoms with Gasteiger partial charge in [0.1, 0.15) is 5.54 Å². The van der Waals surface area contributed by atoms with E-state index in [-0.39, 0.29) is 5.54 Å². The van der Waals surface area contributed by atoms with E-state index in [0.29, 0.717) is 5.92 Å². The predicted octanol–water partition coefficient (Wildman–Crippen LogP) is 1.06. The van der Waals surface area contributed by atoms with Gasteiger partial charge in [-0.05, 0) is 32.2 Å². The number of nitrogens with one attached hydrogen (secondary N) is 1. The molecule has 0 saturated carbocycles. The summed E-state index contributed by atoms with van der Waals surface area (Å²) in [5, 5.41) is 12.6. The minimum atomic E-state index is -0.269. The van der Waals surface area contributed by atoms with Crippen molar-refractivity contribution in [3.8, 4) is 6.07 Å². The molecule has 2 atom stereocenters. The lowest BCUT2D eigenvalue weighted by atomic mass is 9.78. The first-order valence-electron chi connectivity index (χ1n) is 5.11. The molecule has 2 saturated heterocycles. The van der Waals surface area contributed by atoms with E-state index in [1.165, 1.54) is 12.8 Å². The van der Waals surface area contributed by atoms with Gasteiger partial charge in [-0.2, -0.15) is 5.26 Å². The zero-order valence-corrected chi connectivity index (χ0v) is 7.88. The molecule has 3 nitrogen and oxygen atoms in total. The van der Waals surface area contributed by atoms with Gasteiger partial charge < -0.3 is 4.74 Å². The molecule has 0 spiro atoms. The van der Waals surface area contributed by atoms with Crippen molar-refractivity contribution in [3.63, 3.8) is 0 Å². The summed E-state index contributed by atoms with van der Waals surface area (Å²) in [6, 6.07) is 2.47. The number of hydrogen-bond donors (Lipinski definition) is 1. The Morgan fingerprint density at radius 2 is 2.38 bits per heavy atom. The zero-order valence-electron chi connectivity index (χ0n) is 7.88. The Bertz CT molecular complexity index is 209. The van der Waals surface area contributed by atoms with E-state index in [1.807, 2.05) is 0 Å². The van der Waals surface area contributed by atoms with E-state index >= 15 is 0 Å². The summed E-state index contributed by atoms with van der Waals surface area (Å²) < 4.78 is 5.35. The van der Waals surface area contributed by atoms with Crippen molar-refractivity contribution in [1.82, 2.24) is 5.32 Å². The third-order valence-electron chi connectivity index (χ3n) is 3.26. The number of ether oxygens (including phenoxy) is 1. The SMILES string of the molecule is N#CC1(C2CCOC2)CCCCN1. The molecular formula is C10H16N2O. The highest BCUT2D eigenvalue weighted by Gasteiger charge is 2.41. The third-order valence-corrected chi connectivity index (χ3v) is 3.26. The van der Waals surface area contributed by atoms with Crippen LogP contribution in [-0.2, 0) is 4.74 Å². The molecule has 2 aliphatic heterocycles. The molecule has 2 unspecified atom stereocenters. The van der Waals surface area contributed by atoms with E-state index in [4.69, 9.17) is 4.74 Å². The van der Waals surface area contributed by atoms with Gasteiger partial charge in [-0.1, -0.05) is 0 Å². The van der Waals surface area contributed by atoms with Gasteiger partial charge >= 0.3 is 0 Å². The molecule has 2 fully saturated rings. The summed E-state index contributed by atoms with van der Waals surface area (Å²) in [7, 11) is 0. The van der Waals surface area contributed by atoms with Crippen LogP contribution in [0.2, 0.25) is 0 Å². The molecule has 0 aromatic heterocycles. The maximum atomic E-state index is 9.23. The van der Waals surface area contributed by atoms with Crippen molar-refractivity contribution >= 4 is 0 Å². The van der Waals surface area contributed by atoms with Crippen LogP contribution < -0.4 is 5.32 Å². The van der Waals surface area contributed by atoms with Crippen molar-refractivity contribution in [1.29, 1.82) is 5.26 Å². The Balaban J connectivity index is 2.08. The lowest BCUT2D eigenvalue weighted by molar-refractivity contribution is 0.153. The van der Waals surface area contributed by atoms with Crippen molar-refractivity contribution in [3.05, 3.63) is 0 Å². The summed E-state index contributed by atoms with van der Waals surface area (Å²) in [6.07, 6.45) is 4.42. The Morgan fingerprint density at radius 3 is 2.92 bits per heavy atom. The molecule has 2 heterocycles. The fourth-order valence-corrected chi connectivity index (χ4v) is 2.39. The van der Waals surface area contributed by atoms with E-state index in [2.05, 4.69) is 11.4 Å². The summed E-state index contributed by atoms with van der Waals surface area (Å²) in [4.78, 5) is 0. The lowest BCUT2D eigenvalue weighted by Gasteiger charge is -2.36.